The molecular formula is C32H36F3N5O6. The number of nitrogens with one attached hydrogen (secondary N) is 1. The average molecular weight is 644 g/mol. The highest BCUT2D eigenvalue weighted by atomic mass is 19.4. The number of aromatic nitrogens is 2. The topological polar surface area (TPSA) is 123 Å². The molecule has 2 unspecified atom stereocenters. The number of benzene rings is 1. The van der Waals surface area contributed by atoms with Crippen molar-refractivity contribution in [3.63, 3.8) is 0 Å². The number of hydrogen-bond donors (Lipinski definition) is 1. The summed E-state index contributed by atoms with van der Waals surface area (Å²) in [6, 6.07) is 6.82. The second-order valence-electron chi connectivity index (χ2n) is 12.4. The van der Waals surface area contributed by atoms with Crippen LogP contribution in [0.3, 0.4) is 0 Å². The lowest BCUT2D eigenvalue weighted by Crippen LogP contribution is -2.43. The van der Waals surface area contributed by atoms with E-state index >= 15 is 0 Å². The quantitative estimate of drug-likeness (QED) is 0.344. The van der Waals surface area contributed by atoms with Crippen molar-refractivity contribution in [2.75, 3.05) is 39.2 Å². The number of alkyl halides is 3. The Kier molecular flexibility index (Phi) is 9.12. The highest BCUT2D eigenvalue weighted by Crippen LogP contribution is 2.40. The van der Waals surface area contributed by atoms with Crippen LogP contribution < -0.4 is 10.1 Å². The molecule has 5 rings (SSSR count). The SMILES string of the molecule is COc1ccc2ncc(Nc3ccc([C@H](N(C)C(=O)C4CC(=O)N(C(=O)OC(C)(C)C)C4)C(F)(F)F)cc3)c(C3CCOC3)c2n1. The molecule has 2 fully saturated rings. The maximum atomic E-state index is 14.5. The molecule has 2 aromatic heterocycles. The Bertz CT molecular complexity index is 1620. The Morgan fingerprint density at radius 3 is 2.46 bits per heavy atom. The van der Waals surface area contributed by atoms with Crippen LogP contribution in [0.1, 0.15) is 56.7 Å². The van der Waals surface area contributed by atoms with Gasteiger partial charge in [-0.2, -0.15) is 13.2 Å². The number of halogens is 3. The number of carbonyl (C=O) groups excluding carboxylic acids is 3. The van der Waals surface area contributed by atoms with Gasteiger partial charge in [-0.05, 0) is 51.0 Å². The molecule has 0 saturated carbocycles. The molecule has 2 saturated heterocycles. The average Bonchev–Trinajstić information content (AvgIpc) is 3.66. The van der Waals surface area contributed by atoms with Crippen LogP contribution in [-0.2, 0) is 19.1 Å². The number of pyridine rings is 2. The fourth-order valence-corrected chi connectivity index (χ4v) is 5.77. The van der Waals surface area contributed by atoms with Gasteiger partial charge in [0.15, 0.2) is 6.04 Å². The lowest BCUT2D eigenvalue weighted by atomic mass is 9.95. The van der Waals surface area contributed by atoms with E-state index in [0.717, 1.165) is 23.9 Å². The number of methoxy groups -OCH3 is 1. The molecule has 0 aliphatic carbocycles. The molecule has 3 atom stereocenters. The first-order chi connectivity index (χ1) is 21.7. The minimum atomic E-state index is -4.82. The second-order valence-corrected chi connectivity index (χ2v) is 12.4. The number of fused-ring (bicyclic) bond motifs is 1. The van der Waals surface area contributed by atoms with Crippen LogP contribution in [0.25, 0.3) is 11.0 Å². The summed E-state index contributed by atoms with van der Waals surface area (Å²) in [5, 5.41) is 3.27. The molecule has 0 radical (unpaired) electrons. The van der Waals surface area contributed by atoms with E-state index in [1.807, 2.05) is 6.07 Å². The molecule has 3 amide bonds. The third-order valence-corrected chi connectivity index (χ3v) is 7.91. The number of carbonyl (C=O) groups is 3. The molecule has 0 spiro atoms. The van der Waals surface area contributed by atoms with Crippen molar-refractivity contribution in [1.82, 2.24) is 19.8 Å². The van der Waals surface area contributed by atoms with Crippen LogP contribution in [0.2, 0.25) is 0 Å². The van der Waals surface area contributed by atoms with Gasteiger partial charge in [0.1, 0.15) is 5.60 Å². The van der Waals surface area contributed by atoms with E-state index in [9.17, 15) is 27.6 Å². The normalized spacial score (nSPS) is 19.3. The lowest BCUT2D eigenvalue weighted by Gasteiger charge is -2.32. The zero-order valence-electron chi connectivity index (χ0n) is 26.2. The van der Waals surface area contributed by atoms with E-state index in [0.29, 0.717) is 46.4 Å². The first-order valence-corrected chi connectivity index (χ1v) is 14.8. The monoisotopic (exact) mass is 643 g/mol. The molecule has 3 aromatic rings. The Morgan fingerprint density at radius 1 is 1.13 bits per heavy atom. The van der Waals surface area contributed by atoms with E-state index in [2.05, 4.69) is 15.3 Å². The van der Waals surface area contributed by atoms with Gasteiger partial charge in [-0.25, -0.2) is 14.7 Å². The Hall–Kier alpha value is -4.46. The Labute approximate surface area is 264 Å². The number of amides is 3. The molecule has 2 aliphatic rings. The number of rotatable bonds is 7. The van der Waals surface area contributed by atoms with Crippen molar-refractivity contribution in [2.24, 2.45) is 5.92 Å². The van der Waals surface area contributed by atoms with Gasteiger partial charge in [0, 0.05) is 49.9 Å². The van der Waals surface area contributed by atoms with E-state index in [4.69, 9.17) is 14.2 Å². The van der Waals surface area contributed by atoms with Crippen molar-refractivity contribution < 1.29 is 41.8 Å². The van der Waals surface area contributed by atoms with Crippen LogP contribution in [-0.4, -0.2) is 83.4 Å². The van der Waals surface area contributed by atoms with Gasteiger partial charge in [0.05, 0.1) is 42.6 Å². The van der Waals surface area contributed by atoms with Crippen molar-refractivity contribution in [3.8, 4) is 5.88 Å². The van der Waals surface area contributed by atoms with Gasteiger partial charge in [-0.3, -0.25) is 14.6 Å². The summed E-state index contributed by atoms with van der Waals surface area (Å²) < 4.78 is 59.5. The van der Waals surface area contributed by atoms with E-state index in [1.54, 1.807) is 33.0 Å². The minimum Gasteiger partial charge on any atom is -0.481 e. The molecule has 46 heavy (non-hydrogen) atoms. The van der Waals surface area contributed by atoms with Crippen molar-refractivity contribution in [3.05, 3.63) is 53.7 Å². The maximum Gasteiger partial charge on any atom is 0.417 e. The Morgan fingerprint density at radius 2 is 1.85 bits per heavy atom. The number of ether oxygens (including phenoxy) is 3. The smallest absolute Gasteiger partial charge is 0.417 e. The van der Waals surface area contributed by atoms with Crippen molar-refractivity contribution >= 4 is 40.3 Å². The summed E-state index contributed by atoms with van der Waals surface area (Å²) in [7, 11) is 2.57. The summed E-state index contributed by atoms with van der Waals surface area (Å²) in [5.74, 6) is -2.28. The van der Waals surface area contributed by atoms with Crippen molar-refractivity contribution in [2.45, 2.75) is 57.3 Å². The minimum absolute atomic E-state index is 0.0230. The number of nitrogens with zero attached hydrogens (tertiary/aromatic N) is 4. The first-order valence-electron chi connectivity index (χ1n) is 14.8. The highest BCUT2D eigenvalue weighted by Gasteiger charge is 2.48. The van der Waals surface area contributed by atoms with Crippen LogP contribution in [0.15, 0.2) is 42.6 Å². The summed E-state index contributed by atoms with van der Waals surface area (Å²) in [5.41, 5.74) is 2.26. The zero-order valence-corrected chi connectivity index (χ0v) is 26.2. The Balaban J connectivity index is 1.37. The third kappa shape index (κ3) is 7.01. The van der Waals surface area contributed by atoms with Crippen LogP contribution in [0.5, 0.6) is 5.88 Å². The van der Waals surface area contributed by atoms with Gasteiger partial charge in [-0.15, -0.1) is 0 Å². The molecule has 246 valence electrons. The summed E-state index contributed by atoms with van der Waals surface area (Å²) in [6.45, 7) is 5.57. The van der Waals surface area contributed by atoms with Gasteiger partial charge < -0.3 is 24.4 Å². The van der Waals surface area contributed by atoms with E-state index in [-0.39, 0.29) is 18.0 Å². The van der Waals surface area contributed by atoms with Crippen LogP contribution >= 0.6 is 0 Å². The van der Waals surface area contributed by atoms with Gasteiger partial charge in [-0.1, -0.05) is 12.1 Å². The molecule has 4 heterocycles. The molecule has 2 aliphatic heterocycles. The molecular weight excluding hydrogens is 607 g/mol. The second kappa shape index (κ2) is 12.7. The summed E-state index contributed by atoms with van der Waals surface area (Å²) >= 11 is 0. The van der Waals surface area contributed by atoms with E-state index < -0.39 is 48.1 Å². The van der Waals surface area contributed by atoms with Gasteiger partial charge in [0.2, 0.25) is 17.7 Å². The highest BCUT2D eigenvalue weighted by molar-refractivity contribution is 5.98. The molecule has 0 bridgehead atoms. The number of imide groups is 1. The van der Waals surface area contributed by atoms with Gasteiger partial charge in [0.25, 0.3) is 0 Å². The van der Waals surface area contributed by atoms with E-state index in [1.165, 1.54) is 31.4 Å². The first kappa shape index (κ1) is 32.9. The zero-order chi connectivity index (χ0) is 33.4. The predicted molar refractivity (Wildman–Crippen MR) is 162 cm³/mol. The van der Waals surface area contributed by atoms with Gasteiger partial charge >= 0.3 is 12.3 Å². The van der Waals surface area contributed by atoms with Crippen molar-refractivity contribution in [1.29, 1.82) is 0 Å². The van der Waals surface area contributed by atoms with Crippen LogP contribution in [0.4, 0.5) is 29.3 Å². The maximum absolute atomic E-state index is 14.5. The predicted octanol–water partition coefficient (Wildman–Crippen LogP) is 5.73. The number of anilines is 2. The molecule has 11 nitrogen and oxygen atoms in total. The fraction of sp³-hybridized carbons (Fsp3) is 0.469. The fourth-order valence-electron chi connectivity index (χ4n) is 5.77. The molecule has 14 heteroatoms. The summed E-state index contributed by atoms with van der Waals surface area (Å²) in [6.07, 6.45) is -3.74. The molecule has 1 N–H and O–H groups in total. The standard InChI is InChI=1S/C32H36F3N5O6/c1-31(2,3)46-30(43)40-16-20(14-25(40)41)29(42)39(4)28(32(33,34)35)18-6-8-21(9-7-18)37-23-15-36-22-10-11-24(44-5)38-27(22)26(23)19-12-13-45-17-19/h6-11,15,19-20,28,37H,12-14,16-17H2,1-5H3/t19?,20?,28-/m0/s1. The molecule has 1 aromatic carbocycles. The number of likely N-dealkylation sites (tertiary alicyclic amines) is 1. The van der Waals surface area contributed by atoms with Crippen LogP contribution in [0, 0.1) is 5.92 Å². The third-order valence-electron chi connectivity index (χ3n) is 7.91. The largest absolute Gasteiger partial charge is 0.481 e. The summed E-state index contributed by atoms with van der Waals surface area (Å²) in [4.78, 5) is 48.7. The lowest BCUT2D eigenvalue weighted by molar-refractivity contribution is -0.190. The number of hydrogen-bond acceptors (Lipinski definition) is 9.